The van der Waals surface area contributed by atoms with Crippen LogP contribution in [0.5, 0.6) is 0 Å². The van der Waals surface area contributed by atoms with Crippen molar-refractivity contribution in [2.24, 2.45) is 5.92 Å². The molecule has 0 spiro atoms. The minimum absolute atomic E-state index is 0.0344. The third kappa shape index (κ3) is 12.9. The summed E-state index contributed by atoms with van der Waals surface area (Å²) in [6, 6.07) is 0. The maximum atomic E-state index is 10.2. The van der Waals surface area contributed by atoms with Crippen LogP contribution in [0.4, 0.5) is 0 Å². The first kappa shape index (κ1) is 16.9. The number of aliphatic carboxylic acids is 2. The maximum Gasteiger partial charge on any atom is 0.305 e. The first-order valence-corrected chi connectivity index (χ1v) is 6.11. The van der Waals surface area contributed by atoms with Gasteiger partial charge in [-0.1, -0.05) is 6.92 Å². The summed E-state index contributed by atoms with van der Waals surface area (Å²) in [4.78, 5) is 20.4. The number of rotatable bonds is 12. The zero-order valence-corrected chi connectivity index (χ0v) is 10.8. The van der Waals surface area contributed by atoms with E-state index in [1.54, 1.807) is 0 Å². The Labute approximate surface area is 107 Å². The quantitative estimate of drug-likeness (QED) is 0.516. The Kier molecular flexibility index (Phi) is 10.3. The fraction of sp³-hybridized carbons (Fsp3) is 0.833. The van der Waals surface area contributed by atoms with Crippen molar-refractivity contribution >= 4 is 11.9 Å². The highest BCUT2D eigenvalue weighted by Gasteiger charge is 2.03. The molecule has 0 bridgehead atoms. The Morgan fingerprint density at radius 3 is 1.61 bits per heavy atom. The van der Waals surface area contributed by atoms with Gasteiger partial charge in [-0.2, -0.15) is 0 Å². The topological polar surface area (TPSA) is 93.1 Å². The lowest BCUT2D eigenvalue weighted by atomic mass is 10.1. The van der Waals surface area contributed by atoms with E-state index in [2.05, 4.69) is 6.92 Å². The number of hydrogen-bond acceptors (Lipinski definition) is 4. The Morgan fingerprint density at radius 2 is 1.28 bits per heavy atom. The van der Waals surface area contributed by atoms with E-state index in [0.29, 0.717) is 19.1 Å². The second-order valence-corrected chi connectivity index (χ2v) is 4.19. The summed E-state index contributed by atoms with van der Waals surface area (Å²) in [6.45, 7) is 3.64. The lowest BCUT2D eigenvalue weighted by Gasteiger charge is -2.11. The molecule has 0 fully saturated rings. The van der Waals surface area contributed by atoms with Gasteiger partial charge >= 0.3 is 11.9 Å². The monoisotopic (exact) mass is 262 g/mol. The number of carboxylic acid groups (broad SMARTS) is 2. The molecule has 2 N–H and O–H groups in total. The third-order valence-electron chi connectivity index (χ3n) is 2.43. The first-order valence-electron chi connectivity index (χ1n) is 6.11. The van der Waals surface area contributed by atoms with Gasteiger partial charge in [0, 0.05) is 13.2 Å². The standard InChI is InChI=1S/C12H22O6/c1-10(2-6-17-8-4-11(13)14)3-7-18-9-5-12(15)16/h10H,2-9H2,1H3,(H,13,14)(H,15,16). The summed E-state index contributed by atoms with van der Waals surface area (Å²) < 4.78 is 10.3. The van der Waals surface area contributed by atoms with Crippen molar-refractivity contribution < 1.29 is 29.3 Å². The second kappa shape index (κ2) is 11.0. The van der Waals surface area contributed by atoms with Crippen LogP contribution in [0.2, 0.25) is 0 Å². The normalized spacial score (nSPS) is 10.8. The molecule has 0 unspecified atom stereocenters. The fourth-order valence-electron chi connectivity index (χ4n) is 1.24. The van der Waals surface area contributed by atoms with E-state index in [1.807, 2.05) is 0 Å². The molecule has 0 aromatic rings. The molecule has 18 heavy (non-hydrogen) atoms. The summed E-state index contributed by atoms with van der Waals surface area (Å²) in [5.74, 6) is -1.29. The Hall–Kier alpha value is -1.14. The van der Waals surface area contributed by atoms with Crippen molar-refractivity contribution in [3.63, 3.8) is 0 Å². The molecule has 0 heterocycles. The molecule has 0 aromatic carbocycles. The van der Waals surface area contributed by atoms with Crippen LogP contribution in [-0.4, -0.2) is 48.6 Å². The molecule has 0 radical (unpaired) electrons. The van der Waals surface area contributed by atoms with Crippen LogP contribution in [0.25, 0.3) is 0 Å². The van der Waals surface area contributed by atoms with E-state index >= 15 is 0 Å². The number of hydrogen-bond donors (Lipinski definition) is 2. The van der Waals surface area contributed by atoms with E-state index < -0.39 is 11.9 Å². The summed E-state index contributed by atoms with van der Waals surface area (Å²) in [6.07, 6.45) is 1.77. The largest absolute Gasteiger partial charge is 0.481 e. The zero-order valence-electron chi connectivity index (χ0n) is 10.8. The molecular formula is C12H22O6. The molecule has 0 saturated heterocycles. The molecule has 0 rings (SSSR count). The van der Waals surface area contributed by atoms with Gasteiger partial charge in [-0.05, 0) is 18.8 Å². The molecule has 106 valence electrons. The summed E-state index contributed by atoms with van der Waals surface area (Å²) in [5.41, 5.74) is 0. The van der Waals surface area contributed by atoms with Gasteiger partial charge < -0.3 is 19.7 Å². The third-order valence-corrected chi connectivity index (χ3v) is 2.43. The van der Waals surface area contributed by atoms with E-state index in [4.69, 9.17) is 19.7 Å². The predicted octanol–water partition coefficient (Wildman–Crippen LogP) is 1.39. The molecule has 6 heteroatoms. The zero-order chi connectivity index (χ0) is 13.8. The van der Waals surface area contributed by atoms with Crippen LogP contribution in [0.15, 0.2) is 0 Å². The van der Waals surface area contributed by atoms with Gasteiger partial charge in [-0.15, -0.1) is 0 Å². The predicted molar refractivity (Wildman–Crippen MR) is 64.5 cm³/mol. The molecular weight excluding hydrogens is 240 g/mol. The van der Waals surface area contributed by atoms with Crippen molar-refractivity contribution in [1.82, 2.24) is 0 Å². The second-order valence-electron chi connectivity index (χ2n) is 4.19. The highest BCUT2D eigenvalue weighted by Crippen LogP contribution is 2.07. The van der Waals surface area contributed by atoms with Crippen molar-refractivity contribution in [2.45, 2.75) is 32.6 Å². The lowest BCUT2D eigenvalue weighted by Crippen LogP contribution is -2.09. The van der Waals surface area contributed by atoms with Crippen molar-refractivity contribution in [2.75, 3.05) is 26.4 Å². The summed E-state index contributed by atoms with van der Waals surface area (Å²) in [5, 5.41) is 16.8. The molecule has 6 nitrogen and oxygen atoms in total. The lowest BCUT2D eigenvalue weighted by molar-refractivity contribution is -0.139. The number of ether oxygens (including phenoxy) is 2. The van der Waals surface area contributed by atoms with Crippen molar-refractivity contribution in [1.29, 1.82) is 0 Å². The molecule has 0 aromatic heterocycles. The summed E-state index contributed by atoms with van der Waals surface area (Å²) in [7, 11) is 0. The Balaban J connectivity index is 3.24. The molecule has 0 saturated carbocycles. The van der Waals surface area contributed by atoms with E-state index in [1.165, 1.54) is 0 Å². The molecule has 0 amide bonds. The first-order chi connectivity index (χ1) is 8.52. The average molecular weight is 262 g/mol. The number of carboxylic acids is 2. The minimum Gasteiger partial charge on any atom is -0.481 e. The van der Waals surface area contributed by atoms with E-state index in [9.17, 15) is 9.59 Å². The maximum absolute atomic E-state index is 10.2. The van der Waals surface area contributed by atoms with Gasteiger partial charge in [0.05, 0.1) is 26.1 Å². The SMILES string of the molecule is CC(CCOCCC(=O)O)CCOCCC(=O)O. The summed E-state index contributed by atoms with van der Waals surface area (Å²) >= 11 is 0. The van der Waals surface area contributed by atoms with Crippen molar-refractivity contribution in [3.8, 4) is 0 Å². The highest BCUT2D eigenvalue weighted by atomic mass is 16.5. The van der Waals surface area contributed by atoms with Gasteiger partial charge in [0.25, 0.3) is 0 Å². The smallest absolute Gasteiger partial charge is 0.305 e. The average Bonchev–Trinajstić information content (AvgIpc) is 2.27. The fourth-order valence-corrected chi connectivity index (χ4v) is 1.24. The molecule has 0 aliphatic carbocycles. The number of carbonyl (C=O) groups is 2. The van der Waals surface area contributed by atoms with Gasteiger partial charge in [0.1, 0.15) is 0 Å². The van der Waals surface area contributed by atoms with Gasteiger partial charge in [0.15, 0.2) is 0 Å². The van der Waals surface area contributed by atoms with Crippen LogP contribution in [0.3, 0.4) is 0 Å². The highest BCUT2D eigenvalue weighted by molar-refractivity contribution is 5.66. The van der Waals surface area contributed by atoms with Crippen LogP contribution >= 0.6 is 0 Å². The van der Waals surface area contributed by atoms with Crippen molar-refractivity contribution in [3.05, 3.63) is 0 Å². The van der Waals surface area contributed by atoms with Crippen LogP contribution in [-0.2, 0) is 19.1 Å². The van der Waals surface area contributed by atoms with E-state index in [0.717, 1.165) is 12.8 Å². The Bertz CT molecular complexity index is 217. The molecule has 0 atom stereocenters. The van der Waals surface area contributed by atoms with Crippen LogP contribution in [0, 0.1) is 5.92 Å². The molecule has 0 aliphatic rings. The van der Waals surface area contributed by atoms with Gasteiger partial charge in [-0.25, -0.2) is 0 Å². The van der Waals surface area contributed by atoms with Crippen LogP contribution in [0.1, 0.15) is 32.6 Å². The van der Waals surface area contributed by atoms with Gasteiger partial charge in [0.2, 0.25) is 0 Å². The van der Waals surface area contributed by atoms with Crippen LogP contribution < -0.4 is 0 Å². The molecule has 0 aliphatic heterocycles. The van der Waals surface area contributed by atoms with Gasteiger partial charge in [-0.3, -0.25) is 9.59 Å². The van der Waals surface area contributed by atoms with E-state index in [-0.39, 0.29) is 26.1 Å². The minimum atomic E-state index is -0.852. The Morgan fingerprint density at radius 1 is 0.889 bits per heavy atom.